The molecule has 5 heteroatoms. The molecule has 1 heterocycles. The van der Waals surface area contributed by atoms with Gasteiger partial charge in [0.1, 0.15) is 0 Å². The SMILES string of the molecule is CCCCCO[P@@](C)(=S)O[C@@H](C)CN1CCCCC1. The van der Waals surface area contributed by atoms with E-state index in [-0.39, 0.29) is 6.10 Å². The lowest BCUT2D eigenvalue weighted by Gasteiger charge is -2.30. The minimum absolute atomic E-state index is 0.181. The topological polar surface area (TPSA) is 21.7 Å². The van der Waals surface area contributed by atoms with Gasteiger partial charge in [-0.25, -0.2) is 0 Å². The van der Waals surface area contributed by atoms with E-state index in [9.17, 15) is 0 Å². The van der Waals surface area contributed by atoms with E-state index in [0.29, 0.717) is 0 Å². The third kappa shape index (κ3) is 8.41. The first-order chi connectivity index (χ1) is 9.03. The summed E-state index contributed by atoms with van der Waals surface area (Å²) in [5.74, 6) is 0. The predicted octanol–water partition coefficient (Wildman–Crippen LogP) is 4.02. The molecule has 1 fully saturated rings. The fourth-order valence-corrected chi connectivity index (χ4v) is 4.39. The van der Waals surface area contributed by atoms with Crippen LogP contribution in [0.1, 0.15) is 52.4 Å². The first kappa shape index (κ1) is 17.6. The summed E-state index contributed by atoms with van der Waals surface area (Å²) in [7, 11) is 0. The maximum atomic E-state index is 5.98. The van der Waals surface area contributed by atoms with Gasteiger partial charge < -0.3 is 13.9 Å². The first-order valence-corrected chi connectivity index (χ1v) is 10.7. The Morgan fingerprint density at radius 3 is 2.53 bits per heavy atom. The summed E-state index contributed by atoms with van der Waals surface area (Å²) < 4.78 is 11.8. The summed E-state index contributed by atoms with van der Waals surface area (Å²) in [6.45, 7) is 8.37. The van der Waals surface area contributed by atoms with Crippen LogP contribution in [0, 0.1) is 0 Å². The fraction of sp³-hybridized carbons (Fsp3) is 1.00. The number of nitrogens with zero attached hydrogens (tertiary/aromatic N) is 1. The second kappa shape index (κ2) is 9.46. The molecule has 0 N–H and O–H groups in total. The van der Waals surface area contributed by atoms with Gasteiger partial charge in [-0.3, -0.25) is 0 Å². The smallest absolute Gasteiger partial charge is 0.185 e. The van der Waals surface area contributed by atoms with Crippen molar-refractivity contribution in [3.63, 3.8) is 0 Å². The molecule has 3 nitrogen and oxygen atoms in total. The van der Waals surface area contributed by atoms with E-state index in [1.54, 1.807) is 0 Å². The van der Waals surface area contributed by atoms with Gasteiger partial charge in [0.25, 0.3) is 0 Å². The molecule has 0 spiro atoms. The molecule has 2 atom stereocenters. The van der Waals surface area contributed by atoms with Crippen molar-refractivity contribution >= 4 is 18.3 Å². The number of rotatable bonds is 9. The quantitative estimate of drug-likeness (QED) is 0.474. The number of piperidine rings is 1. The number of hydrogen-bond donors (Lipinski definition) is 0. The number of hydrogen-bond acceptors (Lipinski definition) is 4. The third-order valence-electron chi connectivity index (χ3n) is 3.41. The molecule has 0 saturated carbocycles. The van der Waals surface area contributed by atoms with E-state index >= 15 is 0 Å². The highest BCUT2D eigenvalue weighted by atomic mass is 32.5. The molecular weight excluding hydrogens is 277 g/mol. The second-order valence-electron chi connectivity index (χ2n) is 5.59. The van der Waals surface area contributed by atoms with Crippen LogP contribution in [0.2, 0.25) is 0 Å². The molecule has 0 aromatic heterocycles. The van der Waals surface area contributed by atoms with Crippen LogP contribution in [0.3, 0.4) is 0 Å². The van der Waals surface area contributed by atoms with Crippen LogP contribution in [0.5, 0.6) is 0 Å². The Hall–Kier alpha value is 0.530. The van der Waals surface area contributed by atoms with Crippen LogP contribution in [0.25, 0.3) is 0 Å². The van der Waals surface area contributed by atoms with Gasteiger partial charge in [-0.2, -0.15) is 0 Å². The van der Waals surface area contributed by atoms with Gasteiger partial charge in [0, 0.05) is 13.2 Å². The zero-order valence-corrected chi connectivity index (χ0v) is 14.5. The largest absolute Gasteiger partial charge is 0.329 e. The van der Waals surface area contributed by atoms with E-state index in [4.69, 9.17) is 20.9 Å². The van der Waals surface area contributed by atoms with E-state index in [0.717, 1.165) is 19.6 Å². The summed E-state index contributed by atoms with van der Waals surface area (Å²) in [6.07, 6.45) is 7.70. The molecule has 1 rings (SSSR count). The third-order valence-corrected chi connectivity index (χ3v) is 5.38. The van der Waals surface area contributed by atoms with Gasteiger partial charge >= 0.3 is 0 Å². The Morgan fingerprint density at radius 2 is 1.89 bits per heavy atom. The lowest BCUT2D eigenvalue weighted by atomic mass is 10.1. The fourth-order valence-electron chi connectivity index (χ4n) is 2.48. The Morgan fingerprint density at radius 1 is 1.21 bits per heavy atom. The standard InChI is InChI=1S/C14H30NO2PS/c1-4-5-9-12-16-18(3,19)17-14(2)13-15-10-7-6-8-11-15/h14H,4-13H2,1-3H3/t14-,18+/m0/s1. The van der Waals surface area contributed by atoms with Crippen molar-refractivity contribution in [3.05, 3.63) is 0 Å². The van der Waals surface area contributed by atoms with Crippen molar-refractivity contribution in [2.24, 2.45) is 0 Å². The van der Waals surface area contributed by atoms with Crippen molar-refractivity contribution in [1.29, 1.82) is 0 Å². The molecule has 0 amide bonds. The van der Waals surface area contributed by atoms with Crippen molar-refractivity contribution in [2.45, 2.75) is 58.5 Å². The van der Waals surface area contributed by atoms with Crippen molar-refractivity contribution in [1.82, 2.24) is 4.90 Å². The molecule has 0 aromatic carbocycles. The zero-order valence-electron chi connectivity index (χ0n) is 12.8. The number of likely N-dealkylation sites (tertiary alicyclic amines) is 1. The summed E-state index contributed by atoms with van der Waals surface area (Å²) in [6, 6.07) is 0. The average molecular weight is 307 g/mol. The maximum Gasteiger partial charge on any atom is 0.185 e. The van der Waals surface area contributed by atoms with Crippen LogP contribution in [0.4, 0.5) is 0 Å². The molecule has 0 bridgehead atoms. The van der Waals surface area contributed by atoms with E-state index in [2.05, 4.69) is 18.7 Å². The van der Waals surface area contributed by atoms with E-state index in [1.807, 2.05) is 6.66 Å². The maximum absolute atomic E-state index is 5.98. The minimum Gasteiger partial charge on any atom is -0.329 e. The average Bonchev–Trinajstić information content (AvgIpc) is 2.35. The molecule has 0 aromatic rings. The first-order valence-electron chi connectivity index (χ1n) is 7.66. The Balaban J connectivity index is 2.20. The summed E-state index contributed by atoms with van der Waals surface area (Å²) in [5.41, 5.74) is 0. The lowest BCUT2D eigenvalue weighted by molar-refractivity contribution is 0.123. The molecule has 114 valence electrons. The second-order valence-corrected chi connectivity index (χ2v) is 9.59. The van der Waals surface area contributed by atoms with Crippen LogP contribution in [-0.2, 0) is 20.9 Å². The van der Waals surface area contributed by atoms with Gasteiger partial charge in [-0.15, -0.1) is 0 Å². The van der Waals surface area contributed by atoms with Crippen molar-refractivity contribution < 1.29 is 9.05 Å². The molecule has 1 saturated heterocycles. The Kier molecular flexibility index (Phi) is 8.76. The molecule has 0 unspecified atom stereocenters. The molecule has 0 aliphatic carbocycles. The highest BCUT2D eigenvalue weighted by molar-refractivity contribution is 8.09. The van der Waals surface area contributed by atoms with Gasteiger partial charge in [0.2, 0.25) is 0 Å². The minimum atomic E-state index is -2.05. The Labute approximate surface area is 124 Å². The molecule has 0 radical (unpaired) electrons. The van der Waals surface area contributed by atoms with Gasteiger partial charge in [0.15, 0.2) is 6.49 Å². The van der Waals surface area contributed by atoms with Crippen LogP contribution < -0.4 is 0 Å². The number of unbranched alkanes of at least 4 members (excludes halogenated alkanes) is 2. The summed E-state index contributed by atoms with van der Waals surface area (Å²) in [4.78, 5) is 2.49. The normalized spacial score (nSPS) is 22.1. The summed E-state index contributed by atoms with van der Waals surface area (Å²) >= 11 is 5.49. The molecule has 1 aliphatic heterocycles. The molecule has 19 heavy (non-hydrogen) atoms. The highest BCUT2D eigenvalue weighted by Gasteiger charge is 2.19. The van der Waals surface area contributed by atoms with Gasteiger partial charge in [-0.05, 0) is 51.1 Å². The van der Waals surface area contributed by atoms with E-state index < -0.39 is 6.49 Å². The van der Waals surface area contributed by atoms with Crippen LogP contribution in [-0.4, -0.2) is 43.9 Å². The molecule has 1 aliphatic rings. The molecular formula is C14H30NO2PS. The van der Waals surface area contributed by atoms with E-state index in [1.165, 1.54) is 45.2 Å². The summed E-state index contributed by atoms with van der Waals surface area (Å²) in [5, 5.41) is 0. The zero-order chi connectivity index (χ0) is 14.1. The van der Waals surface area contributed by atoms with Crippen LogP contribution in [0.15, 0.2) is 0 Å². The van der Waals surface area contributed by atoms with Crippen molar-refractivity contribution in [2.75, 3.05) is 32.9 Å². The lowest BCUT2D eigenvalue weighted by Crippen LogP contribution is -2.36. The Bertz CT molecular complexity index is 283. The highest BCUT2D eigenvalue weighted by Crippen LogP contribution is 2.45. The van der Waals surface area contributed by atoms with Gasteiger partial charge in [0.05, 0.1) is 12.7 Å². The monoisotopic (exact) mass is 307 g/mol. The van der Waals surface area contributed by atoms with Crippen molar-refractivity contribution in [3.8, 4) is 0 Å². The predicted molar refractivity (Wildman–Crippen MR) is 86.5 cm³/mol. The van der Waals surface area contributed by atoms with Gasteiger partial charge in [-0.1, -0.05) is 26.2 Å². The van der Waals surface area contributed by atoms with Crippen LogP contribution >= 0.6 is 6.49 Å².